The van der Waals surface area contributed by atoms with Crippen molar-refractivity contribution in [2.75, 3.05) is 25.5 Å². The van der Waals surface area contributed by atoms with Gasteiger partial charge in [-0.25, -0.2) is 9.97 Å². The van der Waals surface area contributed by atoms with E-state index in [0.29, 0.717) is 30.4 Å². The summed E-state index contributed by atoms with van der Waals surface area (Å²) in [4.78, 5) is 24.3. The van der Waals surface area contributed by atoms with Gasteiger partial charge in [0.2, 0.25) is 5.95 Å². The van der Waals surface area contributed by atoms with Crippen molar-refractivity contribution in [3.05, 3.63) is 71.9 Å². The van der Waals surface area contributed by atoms with Crippen molar-refractivity contribution in [1.29, 1.82) is 0 Å². The Kier molecular flexibility index (Phi) is 7.61. The summed E-state index contributed by atoms with van der Waals surface area (Å²) in [7, 11) is 2.16. The van der Waals surface area contributed by atoms with E-state index in [-0.39, 0.29) is 11.3 Å². The smallest absolute Gasteiger partial charge is 0.227 e. The quantitative estimate of drug-likeness (QED) is 0.306. The lowest BCUT2D eigenvalue weighted by atomic mass is 9.98. The number of nitrogens with zero attached hydrogens (tertiary/aromatic N) is 7. The van der Waals surface area contributed by atoms with Crippen molar-refractivity contribution in [2.24, 2.45) is 0 Å². The van der Waals surface area contributed by atoms with Crippen molar-refractivity contribution in [3.8, 4) is 11.3 Å². The number of anilines is 2. The zero-order valence-electron chi connectivity index (χ0n) is 23.6. The number of carbonyl (C=O) groups is 1. The van der Waals surface area contributed by atoms with Crippen LogP contribution in [0.2, 0.25) is 0 Å². The maximum atomic E-state index is 12.8. The highest BCUT2D eigenvalue weighted by Crippen LogP contribution is 2.25. The van der Waals surface area contributed by atoms with Crippen LogP contribution in [0.1, 0.15) is 67.6 Å². The molecular weight excluding hydrogens is 488 g/mol. The fourth-order valence-electron chi connectivity index (χ4n) is 4.93. The minimum atomic E-state index is -0.143. The van der Waals surface area contributed by atoms with E-state index < -0.39 is 0 Å². The highest BCUT2D eigenvalue weighted by atomic mass is 16.1. The van der Waals surface area contributed by atoms with Crippen molar-refractivity contribution in [1.82, 2.24) is 34.4 Å². The van der Waals surface area contributed by atoms with E-state index in [1.807, 2.05) is 29.3 Å². The Bertz CT molecular complexity index is 1440. The first kappa shape index (κ1) is 26.7. The van der Waals surface area contributed by atoms with Crippen LogP contribution in [0.3, 0.4) is 0 Å². The molecule has 0 bridgehead atoms. The van der Waals surface area contributed by atoms with Crippen LogP contribution in [0.25, 0.3) is 11.3 Å². The van der Waals surface area contributed by atoms with Crippen LogP contribution in [0, 0.1) is 6.92 Å². The van der Waals surface area contributed by atoms with Gasteiger partial charge < -0.3 is 10.2 Å². The second-order valence-electron chi connectivity index (χ2n) is 11.5. The largest absolute Gasteiger partial charge is 0.321 e. The first-order valence-electron chi connectivity index (χ1n) is 13.7. The third-order valence-electron chi connectivity index (χ3n) is 7.43. The molecule has 0 unspecified atom stereocenters. The molecule has 4 aromatic rings. The fraction of sp³-hybridized carbons (Fsp3) is 0.433. The second-order valence-corrected chi connectivity index (χ2v) is 11.5. The average Bonchev–Trinajstić information content (AvgIpc) is 3.59. The van der Waals surface area contributed by atoms with Crippen LogP contribution in [0.5, 0.6) is 0 Å². The van der Waals surface area contributed by atoms with Crippen molar-refractivity contribution < 1.29 is 4.79 Å². The summed E-state index contributed by atoms with van der Waals surface area (Å²) >= 11 is 0. The molecule has 204 valence electrons. The summed E-state index contributed by atoms with van der Waals surface area (Å²) in [6.45, 7) is 10.5. The number of piperidine rings is 1. The molecule has 39 heavy (non-hydrogen) atoms. The molecule has 0 atom stereocenters. The number of carbonyl (C=O) groups excluding carboxylic acids is 1. The van der Waals surface area contributed by atoms with Gasteiger partial charge in [0.1, 0.15) is 0 Å². The van der Waals surface area contributed by atoms with Gasteiger partial charge in [0, 0.05) is 30.6 Å². The van der Waals surface area contributed by atoms with Gasteiger partial charge >= 0.3 is 0 Å². The molecule has 1 fully saturated rings. The van der Waals surface area contributed by atoms with Crippen LogP contribution in [0.15, 0.2) is 55.2 Å². The highest BCUT2D eigenvalue weighted by Gasteiger charge is 2.19. The molecule has 1 saturated heterocycles. The van der Waals surface area contributed by atoms with Gasteiger partial charge in [-0.3, -0.25) is 14.2 Å². The van der Waals surface area contributed by atoms with E-state index in [9.17, 15) is 4.79 Å². The van der Waals surface area contributed by atoms with Gasteiger partial charge in [-0.2, -0.15) is 10.2 Å². The van der Waals surface area contributed by atoms with E-state index in [1.165, 1.54) is 0 Å². The van der Waals surface area contributed by atoms with Crippen LogP contribution < -0.4 is 5.32 Å². The number of hydrogen-bond acceptors (Lipinski definition) is 7. The Morgan fingerprint density at radius 1 is 1.08 bits per heavy atom. The molecular formula is C30H38N8O. The van der Waals surface area contributed by atoms with E-state index in [0.717, 1.165) is 54.0 Å². The van der Waals surface area contributed by atoms with Crippen LogP contribution in [-0.4, -0.2) is 60.3 Å². The fourth-order valence-corrected chi connectivity index (χ4v) is 4.93. The second kappa shape index (κ2) is 11.1. The molecule has 1 aliphatic heterocycles. The number of benzene rings is 1. The summed E-state index contributed by atoms with van der Waals surface area (Å²) in [5, 5.41) is 12.2. The first-order valence-corrected chi connectivity index (χ1v) is 13.7. The molecule has 4 heterocycles. The molecule has 0 radical (unpaired) electrons. The molecule has 1 N–H and O–H groups in total. The molecule has 1 aromatic carbocycles. The Labute approximate surface area is 230 Å². The number of Topliss-reactive ketones (excluding diaryl/α,β-unsaturated/α-hetero) is 1. The predicted octanol–water partition coefficient (Wildman–Crippen LogP) is 5.43. The maximum absolute atomic E-state index is 12.8. The lowest BCUT2D eigenvalue weighted by Crippen LogP contribution is -2.31. The minimum Gasteiger partial charge on any atom is -0.321 e. The third kappa shape index (κ3) is 6.42. The molecule has 0 saturated carbocycles. The zero-order chi connectivity index (χ0) is 27.6. The van der Waals surface area contributed by atoms with Crippen molar-refractivity contribution >= 4 is 17.4 Å². The number of aryl methyl sites for hydroxylation is 2. The number of likely N-dealkylation sites (tertiary alicyclic amines) is 1. The molecule has 0 amide bonds. The molecule has 0 aliphatic carbocycles. The summed E-state index contributed by atoms with van der Waals surface area (Å²) in [6.07, 6.45) is 12.5. The molecule has 9 nitrogen and oxygen atoms in total. The van der Waals surface area contributed by atoms with E-state index in [1.54, 1.807) is 12.4 Å². The first-order chi connectivity index (χ1) is 18.7. The van der Waals surface area contributed by atoms with E-state index >= 15 is 0 Å². The van der Waals surface area contributed by atoms with Gasteiger partial charge in [-0.1, -0.05) is 12.1 Å². The van der Waals surface area contributed by atoms with Gasteiger partial charge in [0.15, 0.2) is 5.78 Å². The highest BCUT2D eigenvalue weighted by molar-refractivity contribution is 5.95. The lowest BCUT2D eigenvalue weighted by Gasteiger charge is -2.28. The number of hydrogen-bond donors (Lipinski definition) is 1. The minimum absolute atomic E-state index is 0.111. The number of aromatic nitrogens is 6. The Hall–Kier alpha value is -3.85. The monoisotopic (exact) mass is 526 g/mol. The molecule has 3 aromatic heterocycles. The Morgan fingerprint density at radius 2 is 1.87 bits per heavy atom. The summed E-state index contributed by atoms with van der Waals surface area (Å²) in [6, 6.07) is 8.63. The van der Waals surface area contributed by atoms with Crippen LogP contribution in [0.4, 0.5) is 11.6 Å². The molecule has 9 heteroatoms. The summed E-state index contributed by atoms with van der Waals surface area (Å²) in [5.74, 6) is 0.651. The zero-order valence-corrected chi connectivity index (χ0v) is 23.6. The SMILES string of the molecule is Cc1cc(-c2ccnc(Nc3cnn(C4CCN(C)CC4)c3)n2)ccc1CCC(=O)c1cnn(C(C)(C)C)c1. The molecule has 0 spiro atoms. The van der Waals surface area contributed by atoms with E-state index in [4.69, 9.17) is 4.98 Å². The standard InChI is InChI=1S/C30H38N8O/c1-21-16-23(7-6-22(21)8-9-28(39)24-17-33-38(19-24)30(2,3)4)27-10-13-31-29(35-27)34-25-18-32-37(20-25)26-11-14-36(5)15-12-26/h6-7,10,13,16-20,26H,8-9,11-12,14-15H2,1-5H3,(H,31,34,35). The Morgan fingerprint density at radius 3 is 2.59 bits per heavy atom. The van der Waals surface area contributed by atoms with Crippen molar-refractivity contribution in [2.45, 2.75) is 65.0 Å². The van der Waals surface area contributed by atoms with Gasteiger partial charge in [-0.15, -0.1) is 0 Å². The molecule has 1 aliphatic rings. The predicted molar refractivity (Wildman–Crippen MR) is 153 cm³/mol. The maximum Gasteiger partial charge on any atom is 0.227 e. The topological polar surface area (TPSA) is 93.8 Å². The van der Waals surface area contributed by atoms with Crippen molar-refractivity contribution in [3.63, 3.8) is 0 Å². The third-order valence-corrected chi connectivity index (χ3v) is 7.43. The molecule has 5 rings (SSSR count). The summed E-state index contributed by atoms with van der Waals surface area (Å²) < 4.78 is 3.90. The lowest BCUT2D eigenvalue weighted by molar-refractivity contribution is 0.0982. The Balaban J connectivity index is 1.22. The van der Waals surface area contributed by atoms with Gasteiger partial charge in [0.25, 0.3) is 0 Å². The van der Waals surface area contributed by atoms with E-state index in [2.05, 4.69) is 83.0 Å². The number of nitrogens with one attached hydrogen (secondary N) is 1. The van der Waals surface area contributed by atoms with Crippen LogP contribution >= 0.6 is 0 Å². The normalized spacial score (nSPS) is 15.0. The number of ketones is 1. The average molecular weight is 527 g/mol. The number of rotatable bonds is 8. The van der Waals surface area contributed by atoms with Gasteiger partial charge in [0.05, 0.1) is 40.9 Å². The summed E-state index contributed by atoms with van der Waals surface area (Å²) in [5.41, 5.74) is 5.56. The van der Waals surface area contributed by atoms with Crippen LogP contribution in [-0.2, 0) is 12.0 Å². The van der Waals surface area contributed by atoms with Gasteiger partial charge in [-0.05, 0) is 90.4 Å².